The van der Waals surface area contributed by atoms with Crippen LogP contribution in [0.2, 0.25) is 0 Å². The van der Waals surface area contributed by atoms with E-state index in [9.17, 15) is 14.4 Å². The second-order valence-electron chi connectivity index (χ2n) is 4.76. The normalized spacial score (nSPS) is 16.2. The van der Waals surface area contributed by atoms with Crippen molar-refractivity contribution in [2.24, 2.45) is 0 Å². The molecule has 0 bridgehead atoms. The Hall–Kier alpha value is -2.19. The second kappa shape index (κ2) is 7.38. The Morgan fingerprint density at radius 3 is 2.70 bits per heavy atom. The number of hydrogen-bond acceptors (Lipinski definition) is 5. The number of nitrogens with zero attached hydrogens (tertiary/aromatic N) is 1. The largest absolute Gasteiger partial charge is 0.481 e. The van der Waals surface area contributed by atoms with Gasteiger partial charge in [0, 0.05) is 13.0 Å². The number of amides is 1. The number of thiocarbonyl (C=S) groups is 1. The van der Waals surface area contributed by atoms with Crippen molar-refractivity contribution < 1.29 is 24.6 Å². The van der Waals surface area contributed by atoms with Crippen LogP contribution in [0.5, 0.6) is 0 Å². The summed E-state index contributed by atoms with van der Waals surface area (Å²) in [5.41, 5.74) is 0.728. The smallest absolute Gasteiger partial charge is 0.335 e. The van der Waals surface area contributed by atoms with E-state index in [4.69, 9.17) is 22.4 Å². The van der Waals surface area contributed by atoms with E-state index in [1.165, 1.54) is 17.0 Å². The first-order valence-electron chi connectivity index (χ1n) is 6.69. The first kappa shape index (κ1) is 17.2. The number of hydrogen-bond donors (Lipinski definition) is 2. The maximum atomic E-state index is 12.3. The first-order chi connectivity index (χ1) is 10.9. The molecule has 1 fully saturated rings. The van der Waals surface area contributed by atoms with Gasteiger partial charge in [-0.15, -0.1) is 0 Å². The van der Waals surface area contributed by atoms with Crippen LogP contribution >= 0.6 is 24.0 Å². The van der Waals surface area contributed by atoms with Gasteiger partial charge in [-0.25, -0.2) is 4.79 Å². The van der Waals surface area contributed by atoms with E-state index in [2.05, 4.69) is 0 Å². The van der Waals surface area contributed by atoms with Gasteiger partial charge < -0.3 is 10.2 Å². The molecule has 23 heavy (non-hydrogen) atoms. The van der Waals surface area contributed by atoms with Crippen LogP contribution in [-0.2, 0) is 9.59 Å². The van der Waals surface area contributed by atoms with Crippen molar-refractivity contribution in [1.82, 2.24) is 4.90 Å². The van der Waals surface area contributed by atoms with E-state index >= 15 is 0 Å². The van der Waals surface area contributed by atoms with Crippen molar-refractivity contribution in [3.63, 3.8) is 0 Å². The average molecular weight is 351 g/mol. The van der Waals surface area contributed by atoms with Crippen molar-refractivity contribution in [2.45, 2.75) is 12.8 Å². The van der Waals surface area contributed by atoms with Crippen LogP contribution in [0.4, 0.5) is 0 Å². The fourth-order valence-corrected chi connectivity index (χ4v) is 3.30. The minimum atomic E-state index is -1.04. The molecule has 2 rings (SSSR count). The maximum absolute atomic E-state index is 12.3. The summed E-state index contributed by atoms with van der Waals surface area (Å²) in [6, 6.07) is 6.24. The van der Waals surface area contributed by atoms with Gasteiger partial charge in [0.2, 0.25) is 0 Å². The molecule has 0 aromatic heterocycles. The molecule has 0 unspecified atom stereocenters. The zero-order valence-electron chi connectivity index (χ0n) is 11.9. The third-order valence-corrected chi connectivity index (χ3v) is 4.46. The molecule has 8 heteroatoms. The van der Waals surface area contributed by atoms with Gasteiger partial charge in [-0.05, 0) is 30.2 Å². The van der Waals surface area contributed by atoms with Crippen LogP contribution < -0.4 is 0 Å². The highest BCUT2D eigenvalue weighted by Crippen LogP contribution is 2.32. The molecule has 0 radical (unpaired) electrons. The second-order valence-corrected chi connectivity index (χ2v) is 6.44. The standard InChI is InChI=1S/C15H13NO5S2/c17-12(18)5-2-6-16-13(19)11(23-15(16)22)8-9-3-1-4-10(7-9)14(20)21/h1,3-4,7-8H,2,5-6H2,(H,17,18)(H,20,21)/b11-8-. The van der Waals surface area contributed by atoms with Gasteiger partial charge in [0.05, 0.1) is 10.5 Å². The number of carbonyl (C=O) groups is 3. The quantitative estimate of drug-likeness (QED) is 0.600. The van der Waals surface area contributed by atoms with Crippen LogP contribution in [0.1, 0.15) is 28.8 Å². The molecule has 1 aromatic carbocycles. The highest BCUT2D eigenvalue weighted by Gasteiger charge is 2.31. The molecule has 1 aliphatic rings. The van der Waals surface area contributed by atoms with E-state index in [0.717, 1.165) is 11.8 Å². The van der Waals surface area contributed by atoms with Crippen LogP contribution in [0.3, 0.4) is 0 Å². The predicted molar refractivity (Wildman–Crippen MR) is 90.2 cm³/mol. The Bertz CT molecular complexity index is 714. The minimum Gasteiger partial charge on any atom is -0.481 e. The van der Waals surface area contributed by atoms with E-state index in [1.54, 1.807) is 18.2 Å². The zero-order valence-corrected chi connectivity index (χ0v) is 13.5. The number of aliphatic carboxylic acids is 1. The van der Waals surface area contributed by atoms with Crippen molar-refractivity contribution in [3.8, 4) is 0 Å². The van der Waals surface area contributed by atoms with Gasteiger partial charge in [-0.1, -0.05) is 36.1 Å². The lowest BCUT2D eigenvalue weighted by Crippen LogP contribution is -2.29. The van der Waals surface area contributed by atoms with E-state index < -0.39 is 11.9 Å². The third-order valence-electron chi connectivity index (χ3n) is 3.08. The molecule has 0 aliphatic carbocycles. The summed E-state index contributed by atoms with van der Waals surface area (Å²) in [6.07, 6.45) is 1.88. The molecule has 6 nitrogen and oxygen atoms in total. The molecule has 120 valence electrons. The van der Waals surface area contributed by atoms with E-state index in [0.29, 0.717) is 21.2 Å². The molecule has 1 aliphatic heterocycles. The van der Waals surface area contributed by atoms with Crippen LogP contribution in [0, 0.1) is 0 Å². The molecular formula is C15H13NO5S2. The Morgan fingerprint density at radius 2 is 2.04 bits per heavy atom. The van der Waals surface area contributed by atoms with Gasteiger partial charge in [0.1, 0.15) is 4.32 Å². The zero-order chi connectivity index (χ0) is 17.0. The molecule has 1 amide bonds. The molecule has 0 saturated carbocycles. The van der Waals surface area contributed by atoms with E-state index in [1.807, 2.05) is 0 Å². The number of carboxylic acid groups (broad SMARTS) is 2. The van der Waals surface area contributed by atoms with Gasteiger partial charge in [-0.2, -0.15) is 0 Å². The number of thioether (sulfide) groups is 1. The Balaban J connectivity index is 2.13. The monoisotopic (exact) mass is 351 g/mol. The van der Waals surface area contributed by atoms with Crippen molar-refractivity contribution in [1.29, 1.82) is 0 Å². The molecule has 1 aromatic rings. The van der Waals surface area contributed by atoms with Gasteiger partial charge in [0.15, 0.2) is 0 Å². The topological polar surface area (TPSA) is 94.9 Å². The summed E-state index contributed by atoms with van der Waals surface area (Å²) < 4.78 is 0.376. The van der Waals surface area contributed by atoms with Crippen LogP contribution in [-0.4, -0.2) is 43.8 Å². The highest BCUT2D eigenvalue weighted by atomic mass is 32.2. The average Bonchev–Trinajstić information content (AvgIpc) is 2.74. The maximum Gasteiger partial charge on any atom is 0.335 e. The summed E-state index contributed by atoms with van der Waals surface area (Å²) >= 11 is 6.27. The molecule has 1 heterocycles. The Morgan fingerprint density at radius 1 is 1.30 bits per heavy atom. The van der Waals surface area contributed by atoms with Crippen LogP contribution in [0.25, 0.3) is 6.08 Å². The van der Waals surface area contributed by atoms with Gasteiger partial charge in [-0.3, -0.25) is 14.5 Å². The first-order valence-corrected chi connectivity index (χ1v) is 7.91. The lowest BCUT2D eigenvalue weighted by molar-refractivity contribution is -0.137. The van der Waals surface area contributed by atoms with Crippen molar-refractivity contribution in [2.75, 3.05) is 6.54 Å². The minimum absolute atomic E-state index is 0.0310. The lowest BCUT2D eigenvalue weighted by atomic mass is 10.1. The summed E-state index contributed by atoms with van der Waals surface area (Å²) in [5, 5.41) is 17.6. The number of rotatable bonds is 6. The van der Waals surface area contributed by atoms with Gasteiger partial charge in [0.25, 0.3) is 5.91 Å². The number of carboxylic acids is 2. The fourth-order valence-electron chi connectivity index (χ4n) is 1.99. The summed E-state index contributed by atoms with van der Waals surface area (Å²) in [5.74, 6) is -2.25. The fraction of sp³-hybridized carbons (Fsp3) is 0.200. The number of benzene rings is 1. The van der Waals surface area contributed by atoms with E-state index in [-0.39, 0.29) is 24.4 Å². The lowest BCUT2D eigenvalue weighted by Gasteiger charge is -2.13. The highest BCUT2D eigenvalue weighted by molar-refractivity contribution is 8.26. The predicted octanol–water partition coefficient (Wildman–Crippen LogP) is 2.45. The summed E-state index contributed by atoms with van der Waals surface area (Å²) in [6.45, 7) is 0.253. The summed E-state index contributed by atoms with van der Waals surface area (Å²) in [7, 11) is 0. The van der Waals surface area contributed by atoms with Crippen molar-refractivity contribution in [3.05, 3.63) is 40.3 Å². The summed E-state index contributed by atoms with van der Waals surface area (Å²) in [4.78, 5) is 35.6. The SMILES string of the molecule is O=C(O)CCCN1C(=O)/C(=C/c2cccc(C(=O)O)c2)SC1=S. The Labute approximate surface area is 141 Å². The molecule has 2 N–H and O–H groups in total. The molecular weight excluding hydrogens is 338 g/mol. The van der Waals surface area contributed by atoms with Crippen molar-refractivity contribution >= 4 is 52.2 Å². The molecule has 0 atom stereocenters. The molecule has 1 saturated heterocycles. The third kappa shape index (κ3) is 4.40. The van der Waals surface area contributed by atoms with Gasteiger partial charge >= 0.3 is 11.9 Å². The molecule has 0 spiro atoms. The Kier molecular flexibility index (Phi) is 5.51. The number of carbonyl (C=O) groups excluding carboxylic acids is 1. The van der Waals surface area contributed by atoms with Crippen LogP contribution in [0.15, 0.2) is 29.2 Å². The number of aromatic carboxylic acids is 1.